The van der Waals surface area contributed by atoms with Gasteiger partial charge in [-0.05, 0) is 17.0 Å². The molecular formula is C14H13N2O3S2-. The van der Waals surface area contributed by atoms with Crippen molar-refractivity contribution in [3.63, 3.8) is 0 Å². The summed E-state index contributed by atoms with van der Waals surface area (Å²) in [6, 6.07) is 7.77. The van der Waals surface area contributed by atoms with Gasteiger partial charge in [0.1, 0.15) is 0 Å². The van der Waals surface area contributed by atoms with Crippen LogP contribution in [0.2, 0.25) is 0 Å². The van der Waals surface area contributed by atoms with E-state index in [1.165, 1.54) is 29.3 Å². The zero-order valence-corrected chi connectivity index (χ0v) is 12.7. The Bertz CT molecular complexity index is 627. The number of nitro groups is 1. The minimum Gasteiger partial charge on any atom is -0.872 e. The van der Waals surface area contributed by atoms with Crippen LogP contribution in [0, 0.1) is 10.1 Å². The van der Waals surface area contributed by atoms with Crippen molar-refractivity contribution in [2.45, 2.75) is 5.75 Å². The van der Waals surface area contributed by atoms with Gasteiger partial charge in [0, 0.05) is 41.3 Å². The number of rotatable bonds is 7. The van der Waals surface area contributed by atoms with Crippen LogP contribution in [-0.4, -0.2) is 23.4 Å². The molecule has 110 valence electrons. The first kappa shape index (κ1) is 15.5. The van der Waals surface area contributed by atoms with Gasteiger partial charge < -0.3 is 5.11 Å². The van der Waals surface area contributed by atoms with E-state index in [4.69, 9.17) is 0 Å². The van der Waals surface area contributed by atoms with Crippen molar-refractivity contribution in [1.82, 2.24) is 0 Å². The summed E-state index contributed by atoms with van der Waals surface area (Å²) in [5.41, 5.74) is 0.163. The fourth-order valence-corrected chi connectivity index (χ4v) is 3.29. The summed E-state index contributed by atoms with van der Waals surface area (Å²) in [5.74, 6) is 1.55. The Morgan fingerprint density at radius 3 is 2.95 bits per heavy atom. The van der Waals surface area contributed by atoms with Gasteiger partial charge in [-0.2, -0.15) is 11.8 Å². The molecule has 0 amide bonds. The van der Waals surface area contributed by atoms with Gasteiger partial charge in [0.25, 0.3) is 5.69 Å². The summed E-state index contributed by atoms with van der Waals surface area (Å²) in [7, 11) is 0. The number of hydrogen-bond donors (Lipinski definition) is 0. The third-order valence-electron chi connectivity index (χ3n) is 2.62. The number of benzene rings is 1. The van der Waals surface area contributed by atoms with Crippen molar-refractivity contribution >= 4 is 35.0 Å². The highest BCUT2D eigenvalue weighted by Crippen LogP contribution is 2.19. The van der Waals surface area contributed by atoms with E-state index in [1.807, 2.05) is 11.4 Å². The molecule has 0 saturated carbocycles. The molecule has 7 heteroatoms. The summed E-state index contributed by atoms with van der Waals surface area (Å²) in [4.78, 5) is 15.6. The highest BCUT2D eigenvalue weighted by molar-refractivity contribution is 7.98. The minimum atomic E-state index is -0.520. The van der Waals surface area contributed by atoms with Crippen LogP contribution in [0.25, 0.3) is 0 Å². The number of aliphatic imine (C=N–C) groups is 1. The highest BCUT2D eigenvalue weighted by Gasteiger charge is 2.05. The molecule has 2 aromatic rings. The summed E-state index contributed by atoms with van der Waals surface area (Å²) in [5, 5.41) is 24.2. The maximum absolute atomic E-state index is 11.6. The molecule has 2 rings (SSSR count). The third kappa shape index (κ3) is 4.87. The normalized spacial score (nSPS) is 11.0. The maximum atomic E-state index is 11.6. The number of nitro benzene ring substituents is 1. The van der Waals surface area contributed by atoms with Gasteiger partial charge in [-0.25, -0.2) is 0 Å². The first-order valence-corrected chi connectivity index (χ1v) is 8.25. The van der Waals surface area contributed by atoms with Gasteiger partial charge in [0.2, 0.25) is 0 Å². The molecule has 0 unspecified atom stereocenters. The van der Waals surface area contributed by atoms with Crippen molar-refractivity contribution in [3.8, 4) is 5.75 Å². The van der Waals surface area contributed by atoms with Gasteiger partial charge in [-0.1, -0.05) is 17.9 Å². The van der Waals surface area contributed by atoms with Gasteiger partial charge in [-0.3, -0.25) is 15.1 Å². The lowest BCUT2D eigenvalue weighted by atomic mass is 10.2. The molecule has 21 heavy (non-hydrogen) atoms. The maximum Gasteiger partial charge on any atom is 0.270 e. The Labute approximate surface area is 130 Å². The van der Waals surface area contributed by atoms with Crippen molar-refractivity contribution < 1.29 is 10.0 Å². The SMILES string of the molecule is O=[N+]([O-])c1ccc([O-])c(C=NCCSCc2cccs2)c1. The quantitative estimate of drug-likeness (QED) is 0.340. The molecule has 0 aliphatic carbocycles. The Kier molecular flexibility index (Phi) is 5.77. The fourth-order valence-electron chi connectivity index (χ4n) is 1.60. The molecular weight excluding hydrogens is 308 g/mol. The number of thiophene rings is 1. The molecule has 0 spiro atoms. The molecule has 1 heterocycles. The molecule has 1 aromatic carbocycles. The van der Waals surface area contributed by atoms with Crippen LogP contribution in [0.1, 0.15) is 10.4 Å². The Hall–Kier alpha value is -1.86. The standard InChI is InChI=1S/C14H14N2O3S2/c17-14-4-3-12(16(18)19)8-11(14)9-15-5-7-20-10-13-2-1-6-21-13/h1-4,6,8-9,17H,5,7,10H2/p-1. The lowest BCUT2D eigenvalue weighted by molar-refractivity contribution is -0.385. The number of hydrogen-bond acceptors (Lipinski definition) is 6. The summed E-state index contributed by atoms with van der Waals surface area (Å²) < 4.78 is 0. The zero-order chi connectivity index (χ0) is 15.1. The molecule has 1 aromatic heterocycles. The molecule has 0 aliphatic heterocycles. The molecule has 0 atom stereocenters. The number of non-ortho nitro benzene ring substituents is 1. The van der Waals surface area contributed by atoms with Crippen molar-refractivity contribution in [2.75, 3.05) is 12.3 Å². The summed E-state index contributed by atoms with van der Waals surface area (Å²) >= 11 is 3.49. The molecule has 0 saturated heterocycles. The van der Waals surface area contributed by atoms with Crippen LogP contribution in [0.4, 0.5) is 5.69 Å². The smallest absolute Gasteiger partial charge is 0.270 e. The van der Waals surface area contributed by atoms with Crippen LogP contribution in [0.3, 0.4) is 0 Å². The Morgan fingerprint density at radius 2 is 2.24 bits per heavy atom. The van der Waals surface area contributed by atoms with Gasteiger partial charge >= 0.3 is 0 Å². The van der Waals surface area contributed by atoms with E-state index >= 15 is 0 Å². The Morgan fingerprint density at radius 1 is 1.38 bits per heavy atom. The lowest BCUT2D eigenvalue weighted by Gasteiger charge is -2.08. The predicted octanol–water partition coefficient (Wildman–Crippen LogP) is 3.08. The average molecular weight is 321 g/mol. The van der Waals surface area contributed by atoms with Crippen LogP contribution < -0.4 is 5.11 Å². The van der Waals surface area contributed by atoms with Crippen LogP contribution >= 0.6 is 23.1 Å². The van der Waals surface area contributed by atoms with E-state index in [1.54, 1.807) is 23.1 Å². The van der Waals surface area contributed by atoms with Crippen LogP contribution in [0.5, 0.6) is 5.75 Å². The van der Waals surface area contributed by atoms with E-state index in [-0.39, 0.29) is 17.0 Å². The second-order valence-corrected chi connectivity index (χ2v) is 6.28. The first-order chi connectivity index (χ1) is 10.2. The summed E-state index contributed by atoms with van der Waals surface area (Å²) in [6.07, 6.45) is 1.42. The second-order valence-electron chi connectivity index (χ2n) is 4.15. The van der Waals surface area contributed by atoms with E-state index in [0.717, 1.165) is 11.5 Å². The first-order valence-electron chi connectivity index (χ1n) is 6.22. The van der Waals surface area contributed by atoms with E-state index in [0.29, 0.717) is 6.54 Å². The third-order valence-corrected chi connectivity index (χ3v) is 4.67. The van der Waals surface area contributed by atoms with E-state index < -0.39 is 4.92 Å². The van der Waals surface area contributed by atoms with Crippen molar-refractivity contribution in [1.29, 1.82) is 0 Å². The largest absolute Gasteiger partial charge is 0.872 e. The second kappa shape index (κ2) is 7.80. The molecule has 0 bridgehead atoms. The predicted molar refractivity (Wildman–Crippen MR) is 85.5 cm³/mol. The van der Waals surface area contributed by atoms with Gasteiger partial charge in [-0.15, -0.1) is 11.3 Å². The highest BCUT2D eigenvalue weighted by atomic mass is 32.2. The lowest BCUT2D eigenvalue weighted by Crippen LogP contribution is -1.98. The molecule has 0 N–H and O–H groups in total. The van der Waals surface area contributed by atoms with Gasteiger partial charge in [0.15, 0.2) is 0 Å². The molecule has 0 radical (unpaired) electrons. The number of nitrogens with zero attached hydrogens (tertiary/aromatic N) is 2. The van der Waals surface area contributed by atoms with E-state index in [9.17, 15) is 15.2 Å². The summed E-state index contributed by atoms with van der Waals surface area (Å²) in [6.45, 7) is 0.582. The van der Waals surface area contributed by atoms with E-state index in [2.05, 4.69) is 11.1 Å². The van der Waals surface area contributed by atoms with Crippen LogP contribution in [0.15, 0.2) is 40.7 Å². The number of thioether (sulfide) groups is 1. The van der Waals surface area contributed by atoms with Crippen molar-refractivity contribution in [2.24, 2.45) is 4.99 Å². The Balaban J connectivity index is 1.81. The molecule has 0 aliphatic rings. The molecule has 5 nitrogen and oxygen atoms in total. The van der Waals surface area contributed by atoms with Crippen molar-refractivity contribution in [3.05, 3.63) is 56.3 Å². The van der Waals surface area contributed by atoms with Gasteiger partial charge in [0.05, 0.1) is 4.92 Å². The average Bonchev–Trinajstić information content (AvgIpc) is 2.97. The zero-order valence-electron chi connectivity index (χ0n) is 11.1. The minimum absolute atomic E-state index is 0.0943. The molecule has 0 fully saturated rings. The van der Waals surface area contributed by atoms with Crippen LogP contribution in [-0.2, 0) is 5.75 Å². The topological polar surface area (TPSA) is 78.6 Å². The monoisotopic (exact) mass is 321 g/mol. The fraction of sp³-hybridized carbons (Fsp3) is 0.214.